The van der Waals surface area contributed by atoms with E-state index in [4.69, 9.17) is 0 Å². The lowest BCUT2D eigenvalue weighted by atomic mass is 10.0. The molecule has 0 bridgehead atoms. The standard InChI is InChI=1S/C13H16F5NO/c1-8-3-4-9(14)5-10(8)11(19-2)6-20-7-13(17,18)12(15)16/h3-5,11-12,19H,6-7H2,1-2H3. The molecule has 0 amide bonds. The van der Waals surface area contributed by atoms with Crippen LogP contribution in [0.1, 0.15) is 17.2 Å². The largest absolute Gasteiger partial charge is 0.373 e. The minimum absolute atomic E-state index is 0.261. The predicted molar refractivity (Wildman–Crippen MR) is 64.7 cm³/mol. The van der Waals surface area contributed by atoms with Gasteiger partial charge in [-0.1, -0.05) is 6.07 Å². The molecular formula is C13H16F5NO. The van der Waals surface area contributed by atoms with Crippen molar-refractivity contribution in [3.8, 4) is 0 Å². The Morgan fingerprint density at radius 1 is 1.30 bits per heavy atom. The molecule has 0 fully saturated rings. The third-order valence-corrected chi connectivity index (χ3v) is 2.86. The number of nitrogens with one attached hydrogen (secondary N) is 1. The van der Waals surface area contributed by atoms with Crippen molar-refractivity contribution in [1.82, 2.24) is 5.32 Å². The highest BCUT2D eigenvalue weighted by Gasteiger charge is 2.41. The number of hydrogen-bond acceptors (Lipinski definition) is 2. The van der Waals surface area contributed by atoms with Gasteiger partial charge in [0.05, 0.1) is 12.6 Å². The van der Waals surface area contributed by atoms with E-state index in [-0.39, 0.29) is 6.61 Å². The Morgan fingerprint density at radius 2 is 1.95 bits per heavy atom. The van der Waals surface area contributed by atoms with E-state index in [9.17, 15) is 22.0 Å². The van der Waals surface area contributed by atoms with Gasteiger partial charge in [0, 0.05) is 0 Å². The molecule has 0 spiro atoms. The smallest absolute Gasteiger partial charge is 0.330 e. The van der Waals surface area contributed by atoms with Crippen LogP contribution >= 0.6 is 0 Å². The maximum atomic E-state index is 13.2. The Labute approximate surface area is 113 Å². The van der Waals surface area contributed by atoms with E-state index in [0.29, 0.717) is 5.56 Å². The van der Waals surface area contributed by atoms with Crippen LogP contribution in [0.5, 0.6) is 0 Å². The fraction of sp³-hybridized carbons (Fsp3) is 0.538. The second kappa shape index (κ2) is 6.99. The molecule has 0 aromatic heterocycles. The molecule has 0 saturated heterocycles. The molecule has 0 saturated carbocycles. The number of likely N-dealkylation sites (N-methyl/N-ethyl adjacent to an activating group) is 1. The lowest BCUT2D eigenvalue weighted by molar-refractivity contribution is -0.167. The van der Waals surface area contributed by atoms with Gasteiger partial charge in [0.1, 0.15) is 12.4 Å². The molecule has 20 heavy (non-hydrogen) atoms. The Bertz CT molecular complexity index is 439. The van der Waals surface area contributed by atoms with Crippen molar-refractivity contribution in [2.75, 3.05) is 20.3 Å². The highest BCUT2D eigenvalue weighted by atomic mass is 19.3. The number of rotatable bonds is 7. The van der Waals surface area contributed by atoms with Gasteiger partial charge in [-0.2, -0.15) is 8.78 Å². The maximum absolute atomic E-state index is 13.2. The Kier molecular flexibility index (Phi) is 5.88. The molecule has 0 radical (unpaired) electrons. The lowest BCUT2D eigenvalue weighted by Crippen LogP contribution is -2.34. The van der Waals surface area contributed by atoms with Gasteiger partial charge in [0.25, 0.3) is 0 Å². The number of alkyl halides is 4. The highest BCUT2D eigenvalue weighted by molar-refractivity contribution is 5.29. The number of hydrogen-bond donors (Lipinski definition) is 1. The van der Waals surface area contributed by atoms with E-state index < -0.39 is 30.8 Å². The SMILES string of the molecule is CNC(COCC(F)(F)C(F)F)c1cc(F)ccc1C. The van der Waals surface area contributed by atoms with Gasteiger partial charge in [-0.3, -0.25) is 0 Å². The van der Waals surface area contributed by atoms with Crippen molar-refractivity contribution in [3.05, 3.63) is 35.1 Å². The van der Waals surface area contributed by atoms with Crippen LogP contribution in [0.3, 0.4) is 0 Å². The van der Waals surface area contributed by atoms with Gasteiger partial charge in [0.15, 0.2) is 0 Å². The summed E-state index contributed by atoms with van der Waals surface area (Å²) in [6.45, 7) is 0.0905. The Hall–Kier alpha value is -1.21. The van der Waals surface area contributed by atoms with Crippen molar-refractivity contribution in [3.63, 3.8) is 0 Å². The first-order valence-electron chi connectivity index (χ1n) is 5.95. The van der Waals surface area contributed by atoms with Crippen LogP contribution in [0.2, 0.25) is 0 Å². The lowest BCUT2D eigenvalue weighted by Gasteiger charge is -2.21. The third kappa shape index (κ3) is 4.42. The molecule has 1 aromatic carbocycles. The maximum Gasteiger partial charge on any atom is 0.330 e. The van der Waals surface area contributed by atoms with Gasteiger partial charge < -0.3 is 10.1 Å². The van der Waals surface area contributed by atoms with Gasteiger partial charge in [-0.25, -0.2) is 13.2 Å². The molecule has 2 nitrogen and oxygen atoms in total. The minimum Gasteiger partial charge on any atom is -0.373 e. The summed E-state index contributed by atoms with van der Waals surface area (Å²) >= 11 is 0. The van der Waals surface area contributed by atoms with Crippen molar-refractivity contribution in [2.45, 2.75) is 25.3 Å². The monoisotopic (exact) mass is 297 g/mol. The van der Waals surface area contributed by atoms with Crippen LogP contribution in [-0.2, 0) is 4.74 Å². The zero-order valence-electron chi connectivity index (χ0n) is 11.1. The van der Waals surface area contributed by atoms with Gasteiger partial charge in [-0.15, -0.1) is 0 Å². The zero-order valence-corrected chi connectivity index (χ0v) is 11.1. The predicted octanol–water partition coefficient (Wildman–Crippen LogP) is 3.31. The van der Waals surface area contributed by atoms with Crippen LogP contribution in [0.25, 0.3) is 0 Å². The highest BCUT2D eigenvalue weighted by Crippen LogP contribution is 2.24. The van der Waals surface area contributed by atoms with E-state index in [1.807, 2.05) is 0 Å². The molecule has 0 heterocycles. The van der Waals surface area contributed by atoms with Gasteiger partial charge in [-0.05, 0) is 37.2 Å². The molecule has 1 unspecified atom stereocenters. The number of halogens is 5. The van der Waals surface area contributed by atoms with Crippen LogP contribution in [0.4, 0.5) is 22.0 Å². The average Bonchev–Trinajstić information content (AvgIpc) is 2.37. The molecule has 1 N–H and O–H groups in total. The second-order valence-corrected chi connectivity index (χ2v) is 4.42. The Morgan fingerprint density at radius 3 is 2.50 bits per heavy atom. The average molecular weight is 297 g/mol. The molecule has 7 heteroatoms. The van der Waals surface area contributed by atoms with E-state index in [1.54, 1.807) is 20.0 Å². The molecule has 0 aliphatic rings. The Balaban J connectivity index is 2.67. The summed E-state index contributed by atoms with van der Waals surface area (Å²) in [7, 11) is 1.55. The molecule has 1 rings (SSSR count). The van der Waals surface area contributed by atoms with Crippen LogP contribution < -0.4 is 5.32 Å². The van der Waals surface area contributed by atoms with Crippen LogP contribution in [0.15, 0.2) is 18.2 Å². The number of ether oxygens (including phenoxy) is 1. The van der Waals surface area contributed by atoms with E-state index in [1.165, 1.54) is 12.1 Å². The normalized spacial score (nSPS) is 13.8. The van der Waals surface area contributed by atoms with Crippen LogP contribution in [-0.4, -0.2) is 32.6 Å². The van der Waals surface area contributed by atoms with E-state index >= 15 is 0 Å². The molecular weight excluding hydrogens is 281 g/mol. The first-order chi connectivity index (χ1) is 9.27. The summed E-state index contributed by atoms with van der Waals surface area (Å²) in [6, 6.07) is 3.52. The quantitative estimate of drug-likeness (QED) is 0.780. The van der Waals surface area contributed by atoms with Crippen molar-refractivity contribution in [1.29, 1.82) is 0 Å². The summed E-state index contributed by atoms with van der Waals surface area (Å²) < 4.78 is 67.1. The summed E-state index contributed by atoms with van der Waals surface area (Å²) in [6.07, 6.45) is -3.77. The second-order valence-electron chi connectivity index (χ2n) is 4.42. The third-order valence-electron chi connectivity index (χ3n) is 2.86. The van der Waals surface area contributed by atoms with E-state index in [2.05, 4.69) is 10.1 Å². The van der Waals surface area contributed by atoms with E-state index in [0.717, 1.165) is 5.56 Å². The summed E-state index contributed by atoms with van der Waals surface area (Å²) in [5, 5.41) is 2.78. The fourth-order valence-corrected chi connectivity index (χ4v) is 1.69. The minimum atomic E-state index is -4.19. The number of benzene rings is 1. The topological polar surface area (TPSA) is 21.3 Å². The molecule has 1 atom stereocenters. The molecule has 0 aliphatic heterocycles. The summed E-state index contributed by atoms with van der Waals surface area (Å²) in [5.74, 6) is -4.65. The number of aryl methyl sites for hydroxylation is 1. The fourth-order valence-electron chi connectivity index (χ4n) is 1.69. The molecule has 0 aliphatic carbocycles. The van der Waals surface area contributed by atoms with Crippen molar-refractivity contribution >= 4 is 0 Å². The summed E-state index contributed by atoms with van der Waals surface area (Å²) in [4.78, 5) is 0. The van der Waals surface area contributed by atoms with Crippen molar-refractivity contribution in [2.24, 2.45) is 0 Å². The zero-order chi connectivity index (χ0) is 15.3. The van der Waals surface area contributed by atoms with Gasteiger partial charge in [0.2, 0.25) is 0 Å². The first kappa shape index (κ1) is 16.8. The van der Waals surface area contributed by atoms with Crippen LogP contribution in [0, 0.1) is 12.7 Å². The summed E-state index contributed by atoms with van der Waals surface area (Å²) in [5.41, 5.74) is 1.28. The van der Waals surface area contributed by atoms with Gasteiger partial charge >= 0.3 is 12.3 Å². The first-order valence-corrected chi connectivity index (χ1v) is 5.95. The van der Waals surface area contributed by atoms with Crippen molar-refractivity contribution < 1.29 is 26.7 Å². The molecule has 1 aromatic rings. The molecule has 114 valence electrons.